The van der Waals surface area contributed by atoms with Gasteiger partial charge in [-0.1, -0.05) is 0 Å². The topological polar surface area (TPSA) is 215 Å². The molecule has 13 heavy (non-hydrogen) atoms. The van der Waals surface area contributed by atoms with Gasteiger partial charge in [0, 0.05) is 0 Å². The minimum atomic E-state index is -5.61. The summed E-state index contributed by atoms with van der Waals surface area (Å²) in [4.78, 5) is 68.6. The van der Waals surface area contributed by atoms with Crippen LogP contribution in [-0.4, -0.2) is 63.6 Å². The summed E-state index contributed by atoms with van der Waals surface area (Å²) < 4.78 is 0. The van der Waals surface area contributed by atoms with E-state index >= 15 is 0 Å². The van der Waals surface area contributed by atoms with E-state index in [2.05, 4.69) is 0 Å². The van der Waals surface area contributed by atoms with Gasteiger partial charge in [0.05, 0.1) is 0 Å². The molecule has 0 aliphatic rings. The maximum atomic E-state index is 8.58. The molecule has 2 radical (unpaired) electrons. The van der Waals surface area contributed by atoms with Crippen LogP contribution in [0.25, 0.3) is 0 Å². The number of hydrogen-bond donors (Lipinski definition) is 0. The predicted octanol–water partition coefficient (Wildman–Crippen LogP) is -11.1. The molecule has 9 nitrogen and oxygen atoms in total. The Hall–Kier alpha value is 2.89. The summed E-state index contributed by atoms with van der Waals surface area (Å²) in [5.41, 5.74) is 0. The second-order valence-corrected chi connectivity index (χ2v) is 3.00. The van der Waals surface area contributed by atoms with Crippen LogP contribution in [0.2, 0.25) is 0 Å². The monoisotopic (exact) mass is 439 g/mol. The minimum Gasteiger partial charge on any atom is -0.894 e. The summed E-state index contributed by atoms with van der Waals surface area (Å²) in [6.45, 7) is 0. The van der Waals surface area contributed by atoms with E-state index in [1.807, 2.05) is 0 Å². The average Bonchev–Trinajstić information content (AvgIpc) is 1.12. The molecular formula is EuNO8Si2Sr. The summed E-state index contributed by atoms with van der Waals surface area (Å²) in [6.07, 6.45) is 0. The summed E-state index contributed by atoms with van der Waals surface area (Å²) >= 11 is 0. The largest absolute Gasteiger partial charge is 3.00 e. The summed E-state index contributed by atoms with van der Waals surface area (Å²) in [5.74, 6) is 0. The maximum absolute atomic E-state index is 8.58. The van der Waals surface area contributed by atoms with Crippen molar-refractivity contribution in [3.8, 4) is 0 Å². The van der Waals surface area contributed by atoms with Crippen LogP contribution in [0.5, 0.6) is 0 Å². The van der Waals surface area contributed by atoms with Gasteiger partial charge in [-0.2, -0.15) is 0 Å². The van der Waals surface area contributed by atoms with Gasteiger partial charge in [0.1, 0.15) is 0 Å². The van der Waals surface area contributed by atoms with E-state index in [1.165, 1.54) is 0 Å². The third-order valence-electron chi connectivity index (χ3n) is 0. The molecule has 0 aliphatic carbocycles. The van der Waals surface area contributed by atoms with Gasteiger partial charge < -0.3 is 56.5 Å². The first-order chi connectivity index (χ1) is 4.00. The quantitative estimate of drug-likeness (QED) is 0.330. The van der Waals surface area contributed by atoms with E-state index in [-0.39, 0.29) is 101 Å². The Labute approximate surface area is 154 Å². The molecule has 13 heteroatoms. The van der Waals surface area contributed by atoms with Crippen LogP contribution >= 0.6 is 0 Å². The van der Waals surface area contributed by atoms with Crippen molar-refractivity contribution in [2.24, 2.45) is 0 Å². The number of rotatable bonds is 0. The van der Waals surface area contributed by atoms with Gasteiger partial charge in [-0.3, -0.25) is 0 Å². The van der Waals surface area contributed by atoms with E-state index in [0.29, 0.717) is 0 Å². The molecular weight excluding hydrogens is 438 g/mol. The normalized spacial score (nSPS) is 9.23. The van der Waals surface area contributed by atoms with Crippen LogP contribution in [0.3, 0.4) is 0 Å². The first-order valence-electron chi connectivity index (χ1n) is 1.63. The molecule has 0 unspecified atom stereocenters. The van der Waals surface area contributed by atoms with Gasteiger partial charge in [-0.25, -0.2) is 0 Å². The van der Waals surface area contributed by atoms with E-state index in [1.54, 1.807) is 0 Å². The van der Waals surface area contributed by atoms with Crippen molar-refractivity contribution in [1.29, 1.82) is 0 Å². The Morgan fingerprint density at radius 3 is 0.538 bits per heavy atom. The van der Waals surface area contributed by atoms with Crippen LogP contribution in [0.15, 0.2) is 0 Å². The third-order valence-corrected chi connectivity index (χ3v) is 0. The van der Waals surface area contributed by atoms with Gasteiger partial charge in [0.15, 0.2) is 0 Å². The number of nitrogens with zero attached hydrogens (tertiary/aromatic N) is 1. The van der Waals surface area contributed by atoms with E-state index in [4.69, 9.17) is 38.4 Å². The van der Waals surface area contributed by atoms with Crippen molar-refractivity contribution in [1.82, 2.24) is 6.15 Å². The molecule has 0 aromatic carbocycles. The first kappa shape index (κ1) is 29.7. The Kier molecular flexibility index (Phi) is 29.6. The fourth-order valence-electron chi connectivity index (χ4n) is 0. The van der Waals surface area contributed by atoms with Crippen molar-refractivity contribution >= 4 is 63.6 Å². The smallest absolute Gasteiger partial charge is 0.894 e. The molecule has 0 bridgehead atoms. The van der Waals surface area contributed by atoms with E-state index in [0.717, 1.165) is 0 Å². The zero-order valence-corrected chi connectivity index (χ0v) is 13.7. The fraction of sp³-hybridized carbons (Fsp3) is 0. The molecule has 0 aromatic rings. The zero-order valence-electron chi connectivity index (χ0n) is 5.80. The third kappa shape index (κ3) is 296. The molecule has 0 atom stereocenters. The zero-order chi connectivity index (χ0) is 9.00. The van der Waals surface area contributed by atoms with Gasteiger partial charge >= 0.3 is 101 Å². The SMILES string of the molecule is [Eu+3].[N+3].[O-][Si]([O-])([O-])[O-].[O-][Si]([O-])([O-])[O-].[Sr+2]. The van der Waals surface area contributed by atoms with Crippen molar-refractivity contribution in [2.75, 3.05) is 0 Å². The Balaban J connectivity index is -0.0000000267. The second-order valence-electron chi connectivity index (χ2n) is 1.00. The average molecular weight is 438 g/mol. The van der Waals surface area contributed by atoms with Crippen LogP contribution in [-0.2, 0) is 0 Å². The molecule has 70 valence electrons. The molecule has 0 fully saturated rings. The molecule has 0 saturated carbocycles. The molecule has 0 rings (SSSR count). The van der Waals surface area contributed by atoms with E-state index in [9.17, 15) is 0 Å². The molecule has 0 aromatic heterocycles. The summed E-state index contributed by atoms with van der Waals surface area (Å²) in [5, 5.41) is 0. The fourth-order valence-corrected chi connectivity index (χ4v) is 0. The maximum Gasteiger partial charge on any atom is 3.00 e. The summed E-state index contributed by atoms with van der Waals surface area (Å²) in [7, 11) is -11.2. The minimum absolute atomic E-state index is 0. The first-order valence-corrected chi connectivity index (χ1v) is 4.90. The van der Waals surface area contributed by atoms with Crippen LogP contribution in [0.1, 0.15) is 0 Å². The summed E-state index contributed by atoms with van der Waals surface area (Å²) in [6, 6.07) is 0. The van der Waals surface area contributed by atoms with Crippen LogP contribution in [0, 0.1) is 49.4 Å². The van der Waals surface area contributed by atoms with Crippen molar-refractivity contribution in [2.45, 2.75) is 0 Å². The molecule has 0 N–H and O–H groups in total. The van der Waals surface area contributed by atoms with Gasteiger partial charge in [-0.05, 0) is 0 Å². The molecule has 0 spiro atoms. The Morgan fingerprint density at radius 1 is 0.538 bits per heavy atom. The predicted molar refractivity (Wildman–Crippen MR) is 19.4 cm³/mol. The Bertz CT molecular complexity index is 65.1. The standard InChI is InChI=1S/Eu.N.2O4Si.Sr/c;;2*1-5(2,3)4;/q2*+3;2*-4;+2. The van der Waals surface area contributed by atoms with Crippen LogP contribution in [0.4, 0.5) is 0 Å². The second kappa shape index (κ2) is 13.0. The van der Waals surface area contributed by atoms with Gasteiger partial charge in [0.25, 0.3) is 0 Å². The number of hydrogen-bond acceptors (Lipinski definition) is 8. The molecule has 0 amide bonds. The molecule has 0 aliphatic heterocycles. The van der Waals surface area contributed by atoms with Crippen LogP contribution < -0.4 is 44.5 Å². The van der Waals surface area contributed by atoms with Crippen molar-refractivity contribution < 1.29 is 87.7 Å². The van der Waals surface area contributed by atoms with Crippen molar-refractivity contribution in [3.63, 3.8) is 0 Å². The van der Waals surface area contributed by atoms with Gasteiger partial charge in [-0.15, -0.1) is 0 Å². The Morgan fingerprint density at radius 2 is 0.538 bits per heavy atom. The van der Waals surface area contributed by atoms with E-state index < -0.39 is 18.1 Å². The molecule has 0 saturated heterocycles. The van der Waals surface area contributed by atoms with Gasteiger partial charge in [0.2, 0.25) is 0 Å². The molecule has 0 heterocycles. The van der Waals surface area contributed by atoms with Crippen molar-refractivity contribution in [3.05, 3.63) is 0 Å².